The van der Waals surface area contributed by atoms with Gasteiger partial charge >= 0.3 is 6.09 Å². The third-order valence-electron chi connectivity index (χ3n) is 3.31. The summed E-state index contributed by atoms with van der Waals surface area (Å²) >= 11 is 0. The van der Waals surface area contributed by atoms with Crippen LogP contribution in [0.25, 0.3) is 0 Å². The number of carbonyl (C=O) groups is 1. The third kappa shape index (κ3) is 2.61. The normalized spacial score (nSPS) is 31.8. The fourth-order valence-corrected chi connectivity index (χ4v) is 2.49. The van der Waals surface area contributed by atoms with Gasteiger partial charge in [-0.15, -0.1) is 0 Å². The molecule has 0 aromatic heterocycles. The minimum absolute atomic E-state index is 0.101. The van der Waals surface area contributed by atoms with Crippen LogP contribution in [-0.2, 0) is 9.47 Å². The van der Waals surface area contributed by atoms with E-state index in [4.69, 9.17) is 9.47 Å². The Morgan fingerprint density at radius 1 is 1.53 bits per heavy atom. The molecular formula is C12H19NO4. The number of hydrogen-bond acceptors (Lipinski definition) is 3. The average Bonchev–Trinajstić information content (AvgIpc) is 2.55. The van der Waals surface area contributed by atoms with Crippen LogP contribution in [-0.4, -0.2) is 47.2 Å². The largest absolute Gasteiger partial charge is 0.465 e. The average molecular weight is 241 g/mol. The van der Waals surface area contributed by atoms with Gasteiger partial charge in [0.25, 0.3) is 0 Å². The van der Waals surface area contributed by atoms with Gasteiger partial charge in [-0.3, -0.25) is 4.90 Å². The molecule has 0 radical (unpaired) electrons. The standard InChI is InChI=1S/C12H19NO4/c1-12(2)13(11(14)15)9(8-17-12)7-10-5-3-4-6-16-10/h3-4,9-10H,5-8H2,1-2H3,(H,14,15)/t9-,10?/m0/s1. The Bertz CT molecular complexity index is 326. The molecule has 0 aliphatic carbocycles. The Balaban J connectivity index is 2.00. The SMILES string of the molecule is CC1(C)OC[C@H](CC2CC=CCO2)N1C(=O)O. The molecule has 1 amide bonds. The van der Waals surface area contributed by atoms with Gasteiger partial charge in [-0.25, -0.2) is 4.79 Å². The number of amides is 1. The maximum atomic E-state index is 11.3. The monoisotopic (exact) mass is 241 g/mol. The van der Waals surface area contributed by atoms with Crippen molar-refractivity contribution in [3.8, 4) is 0 Å². The van der Waals surface area contributed by atoms with E-state index in [0.717, 1.165) is 6.42 Å². The summed E-state index contributed by atoms with van der Waals surface area (Å²) in [6, 6.07) is -0.112. The Hall–Kier alpha value is -1.07. The first-order valence-corrected chi connectivity index (χ1v) is 5.93. The van der Waals surface area contributed by atoms with E-state index in [9.17, 15) is 9.90 Å². The maximum absolute atomic E-state index is 11.3. The minimum atomic E-state index is -0.927. The predicted molar refractivity (Wildman–Crippen MR) is 61.8 cm³/mol. The van der Waals surface area contributed by atoms with Gasteiger partial charge in [-0.05, 0) is 26.7 Å². The molecule has 1 fully saturated rings. The first kappa shape index (κ1) is 12.4. The highest BCUT2D eigenvalue weighted by molar-refractivity contribution is 5.66. The topological polar surface area (TPSA) is 59.0 Å². The number of nitrogens with zero attached hydrogens (tertiary/aromatic N) is 1. The van der Waals surface area contributed by atoms with E-state index in [0.29, 0.717) is 19.6 Å². The van der Waals surface area contributed by atoms with Crippen molar-refractivity contribution >= 4 is 6.09 Å². The molecule has 0 aromatic rings. The molecule has 0 aromatic carbocycles. The first-order valence-electron chi connectivity index (χ1n) is 5.93. The fraction of sp³-hybridized carbons (Fsp3) is 0.750. The van der Waals surface area contributed by atoms with Gasteiger partial charge in [0, 0.05) is 0 Å². The molecule has 2 heterocycles. The molecule has 1 unspecified atom stereocenters. The van der Waals surface area contributed by atoms with Crippen LogP contribution in [0.5, 0.6) is 0 Å². The van der Waals surface area contributed by atoms with Gasteiger partial charge in [-0.2, -0.15) is 0 Å². The molecule has 17 heavy (non-hydrogen) atoms. The van der Waals surface area contributed by atoms with Crippen LogP contribution in [0.2, 0.25) is 0 Å². The van der Waals surface area contributed by atoms with E-state index in [1.807, 2.05) is 6.08 Å². The van der Waals surface area contributed by atoms with E-state index < -0.39 is 11.8 Å². The summed E-state index contributed by atoms with van der Waals surface area (Å²) < 4.78 is 11.1. The summed E-state index contributed by atoms with van der Waals surface area (Å²) in [5.74, 6) is 0. The van der Waals surface area contributed by atoms with Crippen molar-refractivity contribution in [1.29, 1.82) is 0 Å². The predicted octanol–water partition coefficient (Wildman–Crippen LogP) is 1.84. The summed E-state index contributed by atoms with van der Waals surface area (Å²) in [5, 5.41) is 9.24. The number of carboxylic acid groups (broad SMARTS) is 1. The third-order valence-corrected chi connectivity index (χ3v) is 3.31. The zero-order valence-corrected chi connectivity index (χ0v) is 10.3. The van der Waals surface area contributed by atoms with Gasteiger partial charge in [0.05, 0.1) is 25.4 Å². The lowest BCUT2D eigenvalue weighted by atomic mass is 10.0. The highest BCUT2D eigenvalue weighted by Crippen LogP contribution is 2.30. The van der Waals surface area contributed by atoms with Crippen molar-refractivity contribution in [2.75, 3.05) is 13.2 Å². The minimum Gasteiger partial charge on any atom is -0.465 e. The number of ether oxygens (including phenoxy) is 2. The zero-order valence-electron chi connectivity index (χ0n) is 10.3. The molecule has 2 rings (SSSR count). The molecule has 1 saturated heterocycles. The van der Waals surface area contributed by atoms with Crippen molar-refractivity contribution in [2.24, 2.45) is 0 Å². The van der Waals surface area contributed by atoms with E-state index in [1.54, 1.807) is 13.8 Å². The lowest BCUT2D eigenvalue weighted by Crippen LogP contribution is -2.48. The van der Waals surface area contributed by atoms with E-state index in [1.165, 1.54) is 4.90 Å². The molecular weight excluding hydrogens is 222 g/mol. The Morgan fingerprint density at radius 3 is 2.88 bits per heavy atom. The second kappa shape index (κ2) is 4.66. The Morgan fingerprint density at radius 2 is 2.29 bits per heavy atom. The molecule has 96 valence electrons. The van der Waals surface area contributed by atoms with Crippen LogP contribution in [0.3, 0.4) is 0 Å². The molecule has 5 heteroatoms. The zero-order chi connectivity index (χ0) is 12.5. The van der Waals surface area contributed by atoms with Gasteiger partial charge in [0.2, 0.25) is 0 Å². The summed E-state index contributed by atoms with van der Waals surface area (Å²) in [5.41, 5.74) is -0.735. The van der Waals surface area contributed by atoms with E-state index in [-0.39, 0.29) is 12.1 Å². The second-order valence-corrected chi connectivity index (χ2v) is 4.96. The van der Waals surface area contributed by atoms with Crippen molar-refractivity contribution in [1.82, 2.24) is 4.90 Å². The van der Waals surface area contributed by atoms with Crippen LogP contribution in [0, 0.1) is 0 Å². The summed E-state index contributed by atoms with van der Waals surface area (Å²) in [4.78, 5) is 12.7. The molecule has 2 aliphatic rings. The van der Waals surface area contributed by atoms with Gasteiger partial charge < -0.3 is 14.6 Å². The van der Waals surface area contributed by atoms with Crippen molar-refractivity contribution in [3.05, 3.63) is 12.2 Å². The van der Waals surface area contributed by atoms with Crippen molar-refractivity contribution in [3.63, 3.8) is 0 Å². The Labute approximate surface area is 101 Å². The summed E-state index contributed by atoms with van der Waals surface area (Å²) in [6.07, 6.45) is 4.79. The molecule has 0 bridgehead atoms. The number of rotatable bonds is 2. The van der Waals surface area contributed by atoms with Crippen molar-refractivity contribution in [2.45, 2.75) is 44.6 Å². The van der Waals surface area contributed by atoms with Gasteiger partial charge in [0.1, 0.15) is 5.72 Å². The van der Waals surface area contributed by atoms with Crippen LogP contribution < -0.4 is 0 Å². The maximum Gasteiger partial charge on any atom is 0.409 e. The lowest BCUT2D eigenvalue weighted by molar-refractivity contribution is -0.0438. The van der Waals surface area contributed by atoms with Crippen LogP contribution in [0.15, 0.2) is 12.2 Å². The smallest absolute Gasteiger partial charge is 0.409 e. The highest BCUT2D eigenvalue weighted by Gasteiger charge is 2.44. The van der Waals surface area contributed by atoms with E-state index in [2.05, 4.69) is 6.08 Å². The van der Waals surface area contributed by atoms with Crippen LogP contribution >= 0.6 is 0 Å². The molecule has 2 aliphatic heterocycles. The molecule has 5 nitrogen and oxygen atoms in total. The molecule has 0 saturated carbocycles. The second-order valence-electron chi connectivity index (χ2n) is 4.96. The lowest BCUT2D eigenvalue weighted by Gasteiger charge is -2.32. The first-order chi connectivity index (χ1) is 8.00. The highest BCUT2D eigenvalue weighted by atomic mass is 16.5. The summed E-state index contributed by atoms with van der Waals surface area (Å²) in [7, 11) is 0. The molecule has 0 spiro atoms. The summed E-state index contributed by atoms with van der Waals surface area (Å²) in [6.45, 7) is 4.63. The van der Waals surface area contributed by atoms with Gasteiger partial charge in [-0.1, -0.05) is 12.2 Å². The molecule has 2 atom stereocenters. The molecule has 1 N–H and O–H groups in total. The van der Waals surface area contributed by atoms with Crippen molar-refractivity contribution < 1.29 is 19.4 Å². The number of hydrogen-bond donors (Lipinski definition) is 1. The fourth-order valence-electron chi connectivity index (χ4n) is 2.49. The Kier molecular flexibility index (Phi) is 3.40. The van der Waals surface area contributed by atoms with E-state index >= 15 is 0 Å². The van der Waals surface area contributed by atoms with Crippen LogP contribution in [0.1, 0.15) is 26.7 Å². The van der Waals surface area contributed by atoms with Crippen LogP contribution in [0.4, 0.5) is 4.79 Å². The quantitative estimate of drug-likeness (QED) is 0.749. The van der Waals surface area contributed by atoms with Gasteiger partial charge in [0.15, 0.2) is 0 Å².